The Balaban J connectivity index is 1.98. The molecular formula is C20H23F3N2O2S. The van der Waals surface area contributed by atoms with Crippen molar-refractivity contribution in [2.75, 3.05) is 5.32 Å². The molecule has 1 heterocycles. The van der Waals surface area contributed by atoms with Crippen LogP contribution in [0.1, 0.15) is 60.7 Å². The Labute approximate surface area is 163 Å². The number of alkyl halides is 3. The molecule has 0 aliphatic carbocycles. The summed E-state index contributed by atoms with van der Waals surface area (Å²) in [6.07, 6.45) is -3.82. The fourth-order valence-electron chi connectivity index (χ4n) is 3.68. The molecule has 28 heavy (non-hydrogen) atoms. The second kappa shape index (κ2) is 6.77. The van der Waals surface area contributed by atoms with Crippen LogP contribution < -0.4 is 10.5 Å². The van der Waals surface area contributed by atoms with Crippen molar-refractivity contribution in [1.82, 2.24) is 0 Å². The number of primary sulfonamides is 1. The molecule has 152 valence electrons. The second-order valence-corrected chi connectivity index (χ2v) is 9.83. The van der Waals surface area contributed by atoms with Crippen LogP contribution >= 0.6 is 0 Å². The van der Waals surface area contributed by atoms with Crippen LogP contribution in [0.15, 0.2) is 42.5 Å². The topological polar surface area (TPSA) is 72.2 Å². The molecule has 0 fully saturated rings. The van der Waals surface area contributed by atoms with E-state index in [4.69, 9.17) is 5.14 Å². The Bertz CT molecular complexity index is 1000. The van der Waals surface area contributed by atoms with E-state index in [9.17, 15) is 21.6 Å². The van der Waals surface area contributed by atoms with Gasteiger partial charge >= 0.3 is 6.18 Å². The molecule has 1 aliphatic rings. The summed E-state index contributed by atoms with van der Waals surface area (Å²) in [5, 5.41) is 7.72. The van der Waals surface area contributed by atoms with Gasteiger partial charge in [-0.05, 0) is 53.6 Å². The zero-order valence-electron chi connectivity index (χ0n) is 15.8. The lowest BCUT2D eigenvalue weighted by Gasteiger charge is -2.39. The first-order chi connectivity index (χ1) is 12.8. The molecule has 2 unspecified atom stereocenters. The first kappa shape index (κ1) is 20.7. The summed E-state index contributed by atoms with van der Waals surface area (Å²) < 4.78 is 62.6. The third-order valence-corrected chi connectivity index (χ3v) is 6.65. The van der Waals surface area contributed by atoms with Crippen LogP contribution in [-0.4, -0.2) is 8.42 Å². The Kier molecular flexibility index (Phi) is 5.00. The van der Waals surface area contributed by atoms with E-state index >= 15 is 0 Å². The molecule has 8 heteroatoms. The fourth-order valence-corrected chi connectivity index (χ4v) is 4.21. The fraction of sp³-hybridized carbons (Fsp3) is 0.400. The van der Waals surface area contributed by atoms with Gasteiger partial charge in [0, 0.05) is 5.69 Å². The molecule has 0 radical (unpaired) electrons. The zero-order valence-corrected chi connectivity index (χ0v) is 16.7. The Hall–Kier alpha value is -2.06. The van der Waals surface area contributed by atoms with Gasteiger partial charge in [0.15, 0.2) is 0 Å². The first-order valence-corrected chi connectivity index (χ1v) is 10.5. The number of nitrogens with one attached hydrogen (secondary N) is 1. The molecule has 2 aromatic rings. The van der Waals surface area contributed by atoms with E-state index in [1.165, 1.54) is 19.1 Å². The minimum Gasteiger partial charge on any atom is -0.378 e. The molecule has 1 aliphatic heterocycles. The molecule has 3 rings (SSSR count). The van der Waals surface area contributed by atoms with Gasteiger partial charge in [-0.1, -0.05) is 38.1 Å². The third-order valence-electron chi connectivity index (χ3n) is 5.40. The smallest absolute Gasteiger partial charge is 0.378 e. The number of hydrogen-bond donors (Lipinski definition) is 2. The van der Waals surface area contributed by atoms with Crippen molar-refractivity contribution in [2.45, 2.75) is 50.1 Å². The van der Waals surface area contributed by atoms with Crippen molar-refractivity contribution in [3.8, 4) is 0 Å². The summed E-state index contributed by atoms with van der Waals surface area (Å²) in [6.45, 7) is 5.36. The number of fused-ring (bicyclic) bond motifs is 1. The first-order valence-electron chi connectivity index (χ1n) is 8.89. The van der Waals surface area contributed by atoms with Gasteiger partial charge in [0.05, 0.1) is 16.9 Å². The quantitative estimate of drug-likeness (QED) is 0.754. The van der Waals surface area contributed by atoms with Crippen molar-refractivity contribution in [2.24, 2.45) is 5.14 Å². The SMILES string of the molecule is CC(c1cccc(C2CC(C)(C)c3cc(C(F)(F)F)ccc3N2)c1)S(N)(=O)=O. The van der Waals surface area contributed by atoms with E-state index < -0.39 is 32.4 Å². The van der Waals surface area contributed by atoms with Gasteiger partial charge in [-0.25, -0.2) is 13.6 Å². The number of sulfonamides is 1. The van der Waals surface area contributed by atoms with E-state index in [1.807, 2.05) is 19.9 Å². The van der Waals surface area contributed by atoms with Crippen LogP contribution in [0.4, 0.5) is 18.9 Å². The van der Waals surface area contributed by atoms with Gasteiger partial charge in [0.1, 0.15) is 0 Å². The maximum absolute atomic E-state index is 13.1. The average Bonchev–Trinajstić information content (AvgIpc) is 2.58. The molecule has 0 saturated carbocycles. The van der Waals surface area contributed by atoms with Crippen molar-refractivity contribution < 1.29 is 21.6 Å². The highest BCUT2D eigenvalue weighted by atomic mass is 32.2. The minimum atomic E-state index is -4.39. The molecule has 4 nitrogen and oxygen atoms in total. The van der Waals surface area contributed by atoms with Crippen LogP contribution in [0.2, 0.25) is 0 Å². The lowest BCUT2D eigenvalue weighted by Crippen LogP contribution is -2.31. The van der Waals surface area contributed by atoms with Gasteiger partial charge in [-0.3, -0.25) is 0 Å². The van der Waals surface area contributed by atoms with Crippen LogP contribution in [0.25, 0.3) is 0 Å². The van der Waals surface area contributed by atoms with E-state index in [-0.39, 0.29) is 6.04 Å². The Morgan fingerprint density at radius 3 is 2.46 bits per heavy atom. The van der Waals surface area contributed by atoms with Gasteiger partial charge < -0.3 is 5.32 Å². The highest BCUT2D eigenvalue weighted by molar-refractivity contribution is 7.89. The van der Waals surface area contributed by atoms with Gasteiger partial charge in [-0.15, -0.1) is 0 Å². The minimum absolute atomic E-state index is 0.160. The number of nitrogens with two attached hydrogens (primary N) is 1. The van der Waals surface area contributed by atoms with Crippen molar-refractivity contribution in [1.29, 1.82) is 0 Å². The number of hydrogen-bond acceptors (Lipinski definition) is 3. The lowest BCUT2D eigenvalue weighted by molar-refractivity contribution is -0.137. The standard InChI is InChI=1S/C20H23F3N2O2S/c1-12(28(24,26)27)13-5-4-6-14(9-13)18-11-19(2,3)16-10-15(20(21,22)23)7-8-17(16)25-18/h4-10,12,18,25H,11H2,1-3H3,(H2,24,26,27). The van der Waals surface area contributed by atoms with Gasteiger partial charge in [0.25, 0.3) is 0 Å². The predicted octanol–water partition coefficient (Wildman–Crippen LogP) is 4.89. The van der Waals surface area contributed by atoms with Crippen molar-refractivity contribution >= 4 is 15.7 Å². The summed E-state index contributed by atoms with van der Waals surface area (Å²) in [5.74, 6) is 0. The number of anilines is 1. The lowest BCUT2D eigenvalue weighted by atomic mass is 9.73. The normalized spacial score (nSPS) is 20.2. The van der Waals surface area contributed by atoms with Crippen LogP contribution in [0.5, 0.6) is 0 Å². The highest BCUT2D eigenvalue weighted by Crippen LogP contribution is 2.46. The monoisotopic (exact) mass is 412 g/mol. The highest BCUT2D eigenvalue weighted by Gasteiger charge is 2.37. The summed E-state index contributed by atoms with van der Waals surface area (Å²) >= 11 is 0. The Morgan fingerprint density at radius 1 is 1.18 bits per heavy atom. The van der Waals surface area contributed by atoms with Crippen LogP contribution in [0.3, 0.4) is 0 Å². The molecule has 0 aromatic heterocycles. The van der Waals surface area contributed by atoms with E-state index in [0.29, 0.717) is 23.2 Å². The molecule has 0 saturated heterocycles. The third kappa shape index (κ3) is 4.03. The summed E-state index contributed by atoms with van der Waals surface area (Å²) in [6, 6.07) is 10.7. The van der Waals surface area contributed by atoms with Crippen LogP contribution in [0, 0.1) is 0 Å². The second-order valence-electron chi connectivity index (χ2n) is 7.94. The number of benzene rings is 2. The molecule has 0 bridgehead atoms. The van der Waals surface area contributed by atoms with Crippen molar-refractivity contribution in [3.63, 3.8) is 0 Å². The molecule has 0 spiro atoms. The zero-order chi connectivity index (χ0) is 20.9. The molecule has 2 atom stereocenters. The van der Waals surface area contributed by atoms with Crippen LogP contribution in [-0.2, 0) is 21.6 Å². The summed E-state index contributed by atoms with van der Waals surface area (Å²) in [5.41, 5.74) is 1.56. The average molecular weight is 412 g/mol. The molecule has 2 aromatic carbocycles. The number of halogens is 3. The van der Waals surface area contributed by atoms with Gasteiger partial charge in [0.2, 0.25) is 10.0 Å². The molecule has 0 amide bonds. The predicted molar refractivity (Wildman–Crippen MR) is 103 cm³/mol. The Morgan fingerprint density at radius 2 is 1.86 bits per heavy atom. The van der Waals surface area contributed by atoms with E-state index in [0.717, 1.165) is 11.6 Å². The summed E-state index contributed by atoms with van der Waals surface area (Å²) in [4.78, 5) is 0. The summed E-state index contributed by atoms with van der Waals surface area (Å²) in [7, 11) is -3.72. The van der Waals surface area contributed by atoms with E-state index in [1.54, 1.807) is 18.2 Å². The van der Waals surface area contributed by atoms with E-state index in [2.05, 4.69) is 5.32 Å². The number of rotatable bonds is 3. The maximum atomic E-state index is 13.1. The largest absolute Gasteiger partial charge is 0.416 e. The molecule has 3 N–H and O–H groups in total. The van der Waals surface area contributed by atoms with Crippen molar-refractivity contribution in [3.05, 3.63) is 64.7 Å². The van der Waals surface area contributed by atoms with Gasteiger partial charge in [-0.2, -0.15) is 13.2 Å². The molecular weight excluding hydrogens is 389 g/mol. The maximum Gasteiger partial charge on any atom is 0.416 e.